The second kappa shape index (κ2) is 7.74. The lowest BCUT2D eigenvalue weighted by Gasteiger charge is -2.21. The molecule has 0 N–H and O–H groups in total. The number of fused-ring (bicyclic) bond motifs is 2. The number of carbonyl (C=O) groups excluding carboxylic acids is 2. The molecule has 2 aromatic carbocycles. The van der Waals surface area contributed by atoms with Crippen LogP contribution >= 0.6 is 11.3 Å². The van der Waals surface area contributed by atoms with E-state index < -0.39 is 0 Å². The molecule has 164 valence electrons. The summed E-state index contributed by atoms with van der Waals surface area (Å²) in [5.74, 6) is -0.387. The van der Waals surface area contributed by atoms with Crippen molar-refractivity contribution in [2.45, 2.75) is 12.8 Å². The average Bonchev–Trinajstić information content (AvgIpc) is 3.60. The maximum Gasteiger partial charge on any atom is 0.278 e. The fourth-order valence-corrected chi connectivity index (χ4v) is 5.85. The number of imide groups is 1. The number of aromatic nitrogens is 1. The van der Waals surface area contributed by atoms with Crippen molar-refractivity contribution in [1.29, 1.82) is 0 Å². The second-order valence-corrected chi connectivity index (χ2v) is 9.47. The Bertz CT molecular complexity index is 1430. The number of carbonyl (C=O) groups is 2. The van der Waals surface area contributed by atoms with Crippen LogP contribution < -0.4 is 4.90 Å². The van der Waals surface area contributed by atoms with Crippen molar-refractivity contribution in [2.24, 2.45) is 7.05 Å². The van der Waals surface area contributed by atoms with E-state index in [9.17, 15) is 9.59 Å². The van der Waals surface area contributed by atoms with E-state index in [1.165, 1.54) is 27.2 Å². The quantitative estimate of drug-likeness (QED) is 0.414. The van der Waals surface area contributed by atoms with Gasteiger partial charge in [0.15, 0.2) is 0 Å². The molecule has 6 rings (SSSR count). The molecule has 4 aromatic rings. The number of aryl methyl sites for hydroxylation is 1. The van der Waals surface area contributed by atoms with Crippen molar-refractivity contribution < 1.29 is 9.59 Å². The van der Waals surface area contributed by atoms with Crippen molar-refractivity contribution >= 4 is 45.3 Å². The molecular formula is C27H23N3O2S. The van der Waals surface area contributed by atoms with Crippen molar-refractivity contribution in [3.63, 3.8) is 0 Å². The molecule has 2 amide bonds. The van der Waals surface area contributed by atoms with Gasteiger partial charge < -0.3 is 9.47 Å². The summed E-state index contributed by atoms with van der Waals surface area (Å²) in [6, 6.07) is 20.2. The lowest BCUT2D eigenvalue weighted by Crippen LogP contribution is -2.36. The van der Waals surface area contributed by atoms with E-state index in [1.54, 1.807) is 0 Å². The van der Waals surface area contributed by atoms with Gasteiger partial charge in [0.1, 0.15) is 5.70 Å². The maximum atomic E-state index is 13.7. The summed E-state index contributed by atoms with van der Waals surface area (Å²) < 4.78 is 2.10. The Labute approximate surface area is 196 Å². The Hall–Kier alpha value is -3.64. The van der Waals surface area contributed by atoms with Crippen molar-refractivity contribution in [3.8, 4) is 0 Å². The number of nitrogens with zero attached hydrogens (tertiary/aromatic N) is 3. The highest BCUT2D eigenvalue weighted by molar-refractivity contribution is 7.11. The SMILES string of the molecule is Cn1cc(CCN2C(=O)C(c3cccs3)=C(N3CCc4ccccc43)C2=O)c2ccccc21. The van der Waals surface area contributed by atoms with Gasteiger partial charge in [-0.3, -0.25) is 14.5 Å². The molecule has 0 saturated carbocycles. The molecule has 4 heterocycles. The summed E-state index contributed by atoms with van der Waals surface area (Å²) in [6.45, 7) is 1.07. The van der Waals surface area contributed by atoms with E-state index in [-0.39, 0.29) is 11.8 Å². The second-order valence-electron chi connectivity index (χ2n) is 8.53. The largest absolute Gasteiger partial charge is 0.350 e. The van der Waals surface area contributed by atoms with Gasteiger partial charge in [-0.25, -0.2) is 0 Å². The summed E-state index contributed by atoms with van der Waals surface area (Å²) >= 11 is 1.50. The van der Waals surface area contributed by atoms with Gasteiger partial charge in [-0.2, -0.15) is 0 Å². The van der Waals surface area contributed by atoms with Crippen LogP contribution in [0.5, 0.6) is 0 Å². The summed E-state index contributed by atoms with van der Waals surface area (Å²) in [4.78, 5) is 31.6. The van der Waals surface area contributed by atoms with Crippen LogP contribution in [0.25, 0.3) is 16.5 Å². The molecule has 6 heteroatoms. The van der Waals surface area contributed by atoms with Gasteiger partial charge in [0.2, 0.25) is 0 Å². The molecular weight excluding hydrogens is 430 g/mol. The number of benzene rings is 2. The van der Waals surface area contributed by atoms with E-state index in [2.05, 4.69) is 29.0 Å². The lowest BCUT2D eigenvalue weighted by atomic mass is 10.1. The first-order chi connectivity index (χ1) is 16.1. The Morgan fingerprint density at radius 2 is 1.76 bits per heavy atom. The first kappa shape index (κ1) is 20.0. The Morgan fingerprint density at radius 1 is 0.939 bits per heavy atom. The van der Waals surface area contributed by atoms with Gasteiger partial charge in [-0.1, -0.05) is 42.5 Å². The normalized spacial score (nSPS) is 15.9. The Kier molecular flexibility index (Phi) is 4.69. The summed E-state index contributed by atoms with van der Waals surface area (Å²) in [5, 5.41) is 3.12. The molecule has 0 fully saturated rings. The van der Waals surface area contributed by atoms with Crippen LogP contribution in [0.1, 0.15) is 16.0 Å². The molecule has 0 saturated heterocycles. The Morgan fingerprint density at radius 3 is 2.61 bits per heavy atom. The minimum Gasteiger partial charge on any atom is -0.350 e. The van der Waals surface area contributed by atoms with Crippen LogP contribution in [0, 0.1) is 0 Å². The number of rotatable bonds is 5. The molecule has 2 aromatic heterocycles. The van der Waals surface area contributed by atoms with E-state index >= 15 is 0 Å². The van der Waals surface area contributed by atoms with Crippen LogP contribution in [-0.2, 0) is 29.5 Å². The summed E-state index contributed by atoms with van der Waals surface area (Å²) in [6.07, 6.45) is 3.59. The van der Waals surface area contributed by atoms with E-state index in [1.807, 2.05) is 59.8 Å². The standard InChI is InChI=1S/C27H23N3O2S/c1-28-17-19(20-8-3-5-10-22(20)28)13-15-30-26(31)24(23-11-6-16-33-23)25(27(30)32)29-14-12-18-7-2-4-9-21(18)29/h2-11,16-17H,12-15H2,1H3. The van der Waals surface area contributed by atoms with E-state index in [4.69, 9.17) is 0 Å². The number of amides is 2. The molecule has 0 aliphatic carbocycles. The smallest absolute Gasteiger partial charge is 0.278 e. The van der Waals surface area contributed by atoms with Crippen molar-refractivity contribution in [1.82, 2.24) is 9.47 Å². The van der Waals surface area contributed by atoms with Gasteiger partial charge in [-0.05, 0) is 47.5 Å². The van der Waals surface area contributed by atoms with Crippen LogP contribution in [0.15, 0.2) is 77.9 Å². The third-order valence-corrected chi connectivity index (χ3v) is 7.54. The number of thiophene rings is 1. The fraction of sp³-hybridized carbons (Fsp3) is 0.185. The molecule has 0 radical (unpaired) electrons. The third kappa shape index (κ3) is 3.13. The minimum absolute atomic E-state index is 0.193. The third-order valence-electron chi connectivity index (χ3n) is 6.65. The average molecular weight is 454 g/mol. The highest BCUT2D eigenvalue weighted by Gasteiger charge is 2.43. The predicted octanol–water partition coefficient (Wildman–Crippen LogP) is 4.63. The summed E-state index contributed by atoms with van der Waals surface area (Å²) in [5.41, 5.74) is 5.59. The molecule has 2 aliphatic rings. The van der Waals surface area contributed by atoms with Crippen LogP contribution in [0.2, 0.25) is 0 Å². The molecule has 0 atom stereocenters. The van der Waals surface area contributed by atoms with Crippen LogP contribution in [0.3, 0.4) is 0 Å². The van der Waals surface area contributed by atoms with Gasteiger partial charge in [0.05, 0.1) is 5.57 Å². The Balaban J connectivity index is 1.36. The van der Waals surface area contributed by atoms with Gasteiger partial charge in [-0.15, -0.1) is 11.3 Å². The molecule has 5 nitrogen and oxygen atoms in total. The first-order valence-corrected chi connectivity index (χ1v) is 12.0. The van der Waals surface area contributed by atoms with Crippen molar-refractivity contribution in [3.05, 3.63) is 93.9 Å². The van der Waals surface area contributed by atoms with E-state index in [0.29, 0.717) is 30.8 Å². The lowest BCUT2D eigenvalue weighted by molar-refractivity contribution is -0.136. The number of para-hydroxylation sites is 2. The maximum absolute atomic E-state index is 13.7. The topological polar surface area (TPSA) is 45.6 Å². The predicted molar refractivity (Wildman–Crippen MR) is 132 cm³/mol. The van der Waals surface area contributed by atoms with Gasteiger partial charge in [0, 0.05) is 47.8 Å². The monoisotopic (exact) mass is 453 g/mol. The van der Waals surface area contributed by atoms with Crippen molar-refractivity contribution in [2.75, 3.05) is 18.0 Å². The van der Waals surface area contributed by atoms with E-state index in [0.717, 1.165) is 28.1 Å². The molecule has 33 heavy (non-hydrogen) atoms. The zero-order valence-corrected chi connectivity index (χ0v) is 19.1. The molecule has 0 bridgehead atoms. The minimum atomic E-state index is -0.194. The number of hydrogen-bond acceptors (Lipinski definition) is 4. The van der Waals surface area contributed by atoms with Gasteiger partial charge in [0.25, 0.3) is 11.8 Å². The van der Waals surface area contributed by atoms with Gasteiger partial charge >= 0.3 is 0 Å². The molecule has 2 aliphatic heterocycles. The van der Waals surface area contributed by atoms with Crippen LogP contribution in [-0.4, -0.2) is 34.4 Å². The zero-order valence-electron chi connectivity index (χ0n) is 18.3. The fourth-order valence-electron chi connectivity index (χ4n) is 5.09. The summed E-state index contributed by atoms with van der Waals surface area (Å²) in [7, 11) is 2.03. The van der Waals surface area contributed by atoms with Crippen LogP contribution in [0.4, 0.5) is 5.69 Å². The number of hydrogen-bond donors (Lipinski definition) is 0. The first-order valence-electron chi connectivity index (χ1n) is 11.2. The molecule has 0 spiro atoms. The number of anilines is 1. The highest BCUT2D eigenvalue weighted by Crippen LogP contribution is 2.39. The molecule has 0 unspecified atom stereocenters. The zero-order chi connectivity index (χ0) is 22.5. The highest BCUT2D eigenvalue weighted by atomic mass is 32.1.